The van der Waals surface area contributed by atoms with Crippen LogP contribution in [0.2, 0.25) is 0 Å². The van der Waals surface area contributed by atoms with Crippen LogP contribution in [-0.2, 0) is 13.1 Å². The van der Waals surface area contributed by atoms with E-state index < -0.39 is 0 Å². The Kier molecular flexibility index (Phi) is 5.75. The predicted molar refractivity (Wildman–Crippen MR) is 103 cm³/mol. The molecule has 0 saturated carbocycles. The minimum Gasteiger partial charge on any atom is -0.371 e. The maximum atomic E-state index is 13.0. The molecule has 2 aliphatic rings. The number of benzene rings is 2. The first-order valence-electron chi connectivity index (χ1n) is 7.68. The van der Waals surface area contributed by atoms with Gasteiger partial charge in [-0.3, -0.25) is 4.79 Å². The Bertz CT molecular complexity index is 751. The van der Waals surface area contributed by atoms with Gasteiger partial charge in [0, 0.05) is 38.8 Å². The van der Waals surface area contributed by atoms with E-state index in [0.717, 1.165) is 43.1 Å². The van der Waals surface area contributed by atoms with Crippen molar-refractivity contribution in [3.63, 3.8) is 0 Å². The van der Waals surface area contributed by atoms with Crippen LogP contribution in [0.25, 0.3) is 0 Å². The number of halogens is 2. The van der Waals surface area contributed by atoms with Crippen molar-refractivity contribution in [1.82, 2.24) is 5.32 Å². The molecule has 0 fully saturated rings. The number of likely N-dealkylation sites (N-methyl/N-ethyl adjacent to an activating group) is 1. The number of anilines is 2. The molecular weight excluding hydrogens is 345 g/mol. The van der Waals surface area contributed by atoms with Crippen molar-refractivity contribution in [3.8, 4) is 0 Å². The van der Waals surface area contributed by atoms with Gasteiger partial charge < -0.3 is 15.1 Å². The molecule has 1 N–H and O–H groups in total. The molecule has 4 rings (SSSR count). The molecule has 2 aromatic rings. The molecular formula is C18H21Cl2N3O. The van der Waals surface area contributed by atoms with Crippen LogP contribution in [0, 0.1) is 0 Å². The highest BCUT2D eigenvalue weighted by atomic mass is 35.5. The van der Waals surface area contributed by atoms with E-state index in [-0.39, 0.29) is 30.7 Å². The van der Waals surface area contributed by atoms with Crippen molar-refractivity contribution in [2.45, 2.75) is 13.1 Å². The summed E-state index contributed by atoms with van der Waals surface area (Å²) in [6, 6.07) is 14.2. The van der Waals surface area contributed by atoms with Crippen LogP contribution in [0.4, 0.5) is 11.4 Å². The van der Waals surface area contributed by atoms with E-state index in [0.29, 0.717) is 0 Å². The van der Waals surface area contributed by atoms with Crippen molar-refractivity contribution in [1.29, 1.82) is 0 Å². The standard InChI is InChI=1S/C18H19N3O.2ClH/c1-20-8-9-21(17-5-3-2-4-16(17)20)18(22)13-6-7-14-11-19-12-15(14)10-13;;/h2-7,10,19H,8-9,11-12H2,1H3;2*1H. The van der Waals surface area contributed by atoms with E-state index in [1.54, 1.807) is 0 Å². The SMILES string of the molecule is CN1CCN(C(=O)c2ccc3c(c2)CNC3)c2ccccc21.Cl.Cl. The van der Waals surface area contributed by atoms with E-state index in [9.17, 15) is 4.79 Å². The Hall–Kier alpha value is -1.75. The minimum atomic E-state index is 0. The van der Waals surface area contributed by atoms with E-state index in [1.807, 2.05) is 35.2 Å². The molecule has 0 saturated heterocycles. The first-order chi connectivity index (χ1) is 10.7. The number of nitrogens with one attached hydrogen (secondary N) is 1. The third-order valence-electron chi connectivity index (χ3n) is 4.57. The second-order valence-electron chi connectivity index (χ2n) is 5.95. The van der Waals surface area contributed by atoms with E-state index >= 15 is 0 Å². The van der Waals surface area contributed by atoms with Crippen LogP contribution in [-0.4, -0.2) is 26.0 Å². The fourth-order valence-electron chi connectivity index (χ4n) is 3.30. The van der Waals surface area contributed by atoms with E-state index in [4.69, 9.17) is 0 Å². The van der Waals surface area contributed by atoms with Gasteiger partial charge in [-0.25, -0.2) is 0 Å². The number of carbonyl (C=O) groups is 1. The number of nitrogens with zero attached hydrogens (tertiary/aromatic N) is 2. The molecule has 24 heavy (non-hydrogen) atoms. The Balaban J connectivity index is 0.00000104. The van der Waals surface area contributed by atoms with Gasteiger partial charge in [0.25, 0.3) is 5.91 Å². The molecule has 128 valence electrons. The number of hydrogen-bond donors (Lipinski definition) is 1. The van der Waals surface area contributed by atoms with Gasteiger partial charge in [-0.05, 0) is 35.4 Å². The van der Waals surface area contributed by atoms with Crippen LogP contribution in [0.5, 0.6) is 0 Å². The normalized spacial score (nSPS) is 15.0. The Morgan fingerprint density at radius 1 is 0.958 bits per heavy atom. The Morgan fingerprint density at radius 3 is 2.46 bits per heavy atom. The smallest absolute Gasteiger partial charge is 0.258 e. The summed E-state index contributed by atoms with van der Waals surface area (Å²) in [7, 11) is 2.07. The number of amides is 1. The summed E-state index contributed by atoms with van der Waals surface area (Å²) in [5, 5.41) is 3.32. The number of fused-ring (bicyclic) bond motifs is 2. The lowest BCUT2D eigenvalue weighted by molar-refractivity contribution is 0.0986. The molecule has 6 heteroatoms. The van der Waals surface area contributed by atoms with Gasteiger partial charge >= 0.3 is 0 Å². The highest BCUT2D eigenvalue weighted by Crippen LogP contribution is 2.33. The minimum absolute atomic E-state index is 0. The first kappa shape index (κ1) is 18.6. The average molecular weight is 366 g/mol. The third kappa shape index (κ3) is 3.09. The van der Waals surface area contributed by atoms with Crippen molar-refractivity contribution in [2.24, 2.45) is 0 Å². The molecule has 0 unspecified atom stereocenters. The molecule has 0 aliphatic carbocycles. The lowest BCUT2D eigenvalue weighted by Crippen LogP contribution is -2.42. The number of para-hydroxylation sites is 2. The molecule has 2 heterocycles. The lowest BCUT2D eigenvalue weighted by atomic mass is 10.0. The van der Waals surface area contributed by atoms with Crippen LogP contribution in [0.15, 0.2) is 42.5 Å². The molecule has 4 nitrogen and oxygen atoms in total. The van der Waals surface area contributed by atoms with Gasteiger partial charge in [0.1, 0.15) is 0 Å². The number of carbonyl (C=O) groups excluding carboxylic acids is 1. The highest BCUT2D eigenvalue weighted by molar-refractivity contribution is 6.08. The number of rotatable bonds is 1. The summed E-state index contributed by atoms with van der Waals surface area (Å²) < 4.78 is 0. The molecule has 2 aromatic carbocycles. The molecule has 0 spiro atoms. The number of hydrogen-bond acceptors (Lipinski definition) is 3. The maximum Gasteiger partial charge on any atom is 0.258 e. The molecule has 0 radical (unpaired) electrons. The first-order valence-corrected chi connectivity index (χ1v) is 7.68. The summed E-state index contributed by atoms with van der Waals surface area (Å²) in [4.78, 5) is 17.1. The van der Waals surface area contributed by atoms with Crippen molar-refractivity contribution in [2.75, 3.05) is 29.9 Å². The van der Waals surface area contributed by atoms with Gasteiger partial charge in [-0.15, -0.1) is 24.8 Å². The zero-order valence-corrected chi connectivity index (χ0v) is 15.1. The van der Waals surface area contributed by atoms with E-state index in [1.165, 1.54) is 11.1 Å². The molecule has 1 amide bonds. The van der Waals surface area contributed by atoms with Crippen LogP contribution in [0.3, 0.4) is 0 Å². The fourth-order valence-corrected chi connectivity index (χ4v) is 3.30. The predicted octanol–water partition coefficient (Wildman–Crippen LogP) is 3.23. The quantitative estimate of drug-likeness (QED) is 0.842. The lowest BCUT2D eigenvalue weighted by Gasteiger charge is -2.35. The molecule has 0 bridgehead atoms. The highest BCUT2D eigenvalue weighted by Gasteiger charge is 2.26. The average Bonchev–Trinajstić information content (AvgIpc) is 3.02. The van der Waals surface area contributed by atoms with Gasteiger partial charge in [0.2, 0.25) is 0 Å². The monoisotopic (exact) mass is 365 g/mol. The summed E-state index contributed by atoms with van der Waals surface area (Å²) in [6.45, 7) is 3.34. The Labute approximate surface area is 154 Å². The topological polar surface area (TPSA) is 35.6 Å². The second-order valence-corrected chi connectivity index (χ2v) is 5.95. The molecule has 0 atom stereocenters. The molecule has 2 aliphatic heterocycles. The van der Waals surface area contributed by atoms with Crippen molar-refractivity contribution < 1.29 is 4.79 Å². The summed E-state index contributed by atoms with van der Waals surface area (Å²) >= 11 is 0. The maximum absolute atomic E-state index is 13.0. The van der Waals surface area contributed by atoms with Crippen LogP contribution < -0.4 is 15.1 Å². The summed E-state index contributed by atoms with van der Waals surface area (Å²) in [6.07, 6.45) is 0. The van der Waals surface area contributed by atoms with Gasteiger partial charge in [-0.1, -0.05) is 18.2 Å². The summed E-state index contributed by atoms with van der Waals surface area (Å²) in [5.41, 5.74) is 5.44. The van der Waals surface area contributed by atoms with Gasteiger partial charge in [-0.2, -0.15) is 0 Å². The van der Waals surface area contributed by atoms with Crippen LogP contribution >= 0.6 is 24.8 Å². The summed E-state index contributed by atoms with van der Waals surface area (Å²) in [5.74, 6) is 0.0928. The zero-order valence-electron chi connectivity index (χ0n) is 13.5. The molecule has 0 aromatic heterocycles. The Morgan fingerprint density at radius 2 is 1.67 bits per heavy atom. The zero-order chi connectivity index (χ0) is 15.1. The fraction of sp³-hybridized carbons (Fsp3) is 0.278. The second kappa shape index (κ2) is 7.43. The van der Waals surface area contributed by atoms with Crippen LogP contribution in [0.1, 0.15) is 21.5 Å². The van der Waals surface area contributed by atoms with E-state index in [2.05, 4.69) is 29.4 Å². The largest absolute Gasteiger partial charge is 0.371 e. The van der Waals surface area contributed by atoms with Crippen molar-refractivity contribution in [3.05, 3.63) is 59.2 Å². The van der Waals surface area contributed by atoms with Gasteiger partial charge in [0.05, 0.1) is 11.4 Å². The van der Waals surface area contributed by atoms with Gasteiger partial charge in [0.15, 0.2) is 0 Å². The third-order valence-corrected chi connectivity index (χ3v) is 4.57. The van der Waals surface area contributed by atoms with Crippen molar-refractivity contribution >= 4 is 42.1 Å².